The summed E-state index contributed by atoms with van der Waals surface area (Å²) in [6.07, 6.45) is 5.68. The first-order valence-electron chi connectivity index (χ1n) is 7.18. The van der Waals surface area contributed by atoms with Crippen molar-refractivity contribution in [1.82, 2.24) is 15.1 Å². The minimum Gasteiger partial charge on any atom is -0.349 e. The van der Waals surface area contributed by atoms with Crippen molar-refractivity contribution < 1.29 is 4.79 Å². The van der Waals surface area contributed by atoms with Gasteiger partial charge in [-0.2, -0.15) is 0 Å². The van der Waals surface area contributed by atoms with Crippen LogP contribution in [0.2, 0.25) is 0 Å². The minimum absolute atomic E-state index is 0.225. The van der Waals surface area contributed by atoms with Crippen LogP contribution in [-0.4, -0.2) is 62.0 Å². The molecule has 1 aliphatic rings. The van der Waals surface area contributed by atoms with E-state index in [9.17, 15) is 4.79 Å². The summed E-state index contributed by atoms with van der Waals surface area (Å²) in [5.74, 6) is 0.225. The van der Waals surface area contributed by atoms with Crippen molar-refractivity contribution in [3.63, 3.8) is 0 Å². The monoisotopic (exact) mass is 255 g/mol. The fraction of sp³-hybridized carbons (Fsp3) is 0.929. The molecule has 1 aliphatic carbocycles. The molecule has 0 aromatic heterocycles. The molecule has 1 saturated carbocycles. The van der Waals surface area contributed by atoms with Crippen molar-refractivity contribution in [3.05, 3.63) is 0 Å². The highest BCUT2D eigenvalue weighted by Gasteiger charge is 2.23. The van der Waals surface area contributed by atoms with Crippen molar-refractivity contribution in [1.29, 1.82) is 0 Å². The Hall–Kier alpha value is -0.610. The molecular weight excluding hydrogens is 226 g/mol. The van der Waals surface area contributed by atoms with E-state index in [4.69, 9.17) is 0 Å². The van der Waals surface area contributed by atoms with Gasteiger partial charge in [-0.3, -0.25) is 4.79 Å². The second-order valence-corrected chi connectivity index (χ2v) is 5.58. The normalized spacial score (nSPS) is 24.3. The Kier molecular flexibility index (Phi) is 6.65. The fourth-order valence-electron chi connectivity index (χ4n) is 2.69. The third kappa shape index (κ3) is 4.94. The van der Waals surface area contributed by atoms with Gasteiger partial charge in [-0.25, -0.2) is 0 Å². The summed E-state index contributed by atoms with van der Waals surface area (Å²) >= 11 is 0. The maximum Gasteiger partial charge on any atom is 0.223 e. The lowest BCUT2D eigenvalue weighted by Gasteiger charge is -2.35. The number of hydrogen-bond donors (Lipinski definition) is 1. The topological polar surface area (TPSA) is 35.6 Å². The van der Waals surface area contributed by atoms with Gasteiger partial charge in [-0.15, -0.1) is 0 Å². The van der Waals surface area contributed by atoms with Crippen molar-refractivity contribution in [2.24, 2.45) is 0 Å². The third-order valence-electron chi connectivity index (χ3n) is 3.99. The summed E-state index contributed by atoms with van der Waals surface area (Å²) in [5, 5.41) is 3.53. The van der Waals surface area contributed by atoms with Crippen LogP contribution in [0.1, 0.15) is 39.0 Å². The van der Waals surface area contributed by atoms with Gasteiger partial charge in [0.1, 0.15) is 0 Å². The first-order valence-corrected chi connectivity index (χ1v) is 7.18. The number of amides is 1. The summed E-state index contributed by atoms with van der Waals surface area (Å²) in [6.45, 7) is 4.13. The summed E-state index contributed by atoms with van der Waals surface area (Å²) in [6, 6.07) is 1.37. The van der Waals surface area contributed by atoms with E-state index in [0.717, 1.165) is 13.1 Å². The molecule has 0 aromatic carbocycles. The zero-order valence-electron chi connectivity index (χ0n) is 12.4. The standard InChI is InChI=1S/C14H29N3O/c1-5-15-12-6-8-13(9-7-12)17(4)11-10-14(18)16(2)3/h12-13,15H,5-11H2,1-4H3. The predicted molar refractivity (Wildman–Crippen MR) is 75.7 cm³/mol. The van der Waals surface area contributed by atoms with E-state index >= 15 is 0 Å². The van der Waals surface area contributed by atoms with Crippen molar-refractivity contribution >= 4 is 5.91 Å². The highest BCUT2D eigenvalue weighted by molar-refractivity contribution is 5.75. The van der Waals surface area contributed by atoms with Gasteiger partial charge in [-0.05, 0) is 39.3 Å². The number of rotatable bonds is 6. The minimum atomic E-state index is 0.225. The molecular formula is C14H29N3O. The molecule has 1 fully saturated rings. The highest BCUT2D eigenvalue weighted by Crippen LogP contribution is 2.22. The first-order chi connectivity index (χ1) is 8.54. The number of hydrogen-bond acceptors (Lipinski definition) is 3. The second kappa shape index (κ2) is 7.74. The van der Waals surface area contributed by atoms with Crippen LogP contribution in [0.3, 0.4) is 0 Å². The summed E-state index contributed by atoms with van der Waals surface area (Å²) in [7, 11) is 5.80. The predicted octanol–water partition coefficient (Wildman–Crippen LogP) is 1.32. The van der Waals surface area contributed by atoms with Gasteiger partial charge in [0.05, 0.1) is 0 Å². The van der Waals surface area contributed by atoms with Gasteiger partial charge >= 0.3 is 0 Å². The van der Waals surface area contributed by atoms with E-state index in [1.54, 1.807) is 4.90 Å². The number of nitrogens with zero attached hydrogens (tertiary/aromatic N) is 2. The molecule has 4 nitrogen and oxygen atoms in total. The van der Waals surface area contributed by atoms with E-state index < -0.39 is 0 Å². The summed E-state index contributed by atoms with van der Waals surface area (Å²) < 4.78 is 0. The molecule has 0 heterocycles. The molecule has 1 N–H and O–H groups in total. The van der Waals surface area contributed by atoms with Gasteiger partial charge in [0.25, 0.3) is 0 Å². The van der Waals surface area contributed by atoms with Gasteiger partial charge in [0, 0.05) is 39.1 Å². The zero-order chi connectivity index (χ0) is 13.5. The zero-order valence-corrected chi connectivity index (χ0v) is 12.4. The Bertz CT molecular complexity index is 247. The van der Waals surface area contributed by atoms with Crippen LogP contribution in [0.25, 0.3) is 0 Å². The van der Waals surface area contributed by atoms with Crippen molar-refractivity contribution in [2.75, 3.05) is 34.2 Å². The Morgan fingerprint density at radius 3 is 2.28 bits per heavy atom. The average molecular weight is 255 g/mol. The molecule has 18 heavy (non-hydrogen) atoms. The number of nitrogens with one attached hydrogen (secondary N) is 1. The Balaban J connectivity index is 2.23. The Morgan fingerprint density at radius 2 is 1.78 bits per heavy atom. The van der Waals surface area contributed by atoms with Crippen LogP contribution in [0, 0.1) is 0 Å². The van der Waals surface area contributed by atoms with Crippen LogP contribution in [-0.2, 0) is 4.79 Å². The number of carbonyl (C=O) groups excluding carboxylic acids is 1. The second-order valence-electron chi connectivity index (χ2n) is 5.58. The molecule has 1 amide bonds. The lowest BCUT2D eigenvalue weighted by Crippen LogP contribution is -2.41. The maximum absolute atomic E-state index is 11.6. The molecule has 0 radical (unpaired) electrons. The molecule has 0 saturated heterocycles. The van der Waals surface area contributed by atoms with Crippen molar-refractivity contribution in [2.45, 2.75) is 51.1 Å². The molecule has 0 spiro atoms. The first kappa shape index (κ1) is 15.4. The molecule has 4 heteroatoms. The van der Waals surface area contributed by atoms with E-state index in [-0.39, 0.29) is 5.91 Å². The molecule has 0 aliphatic heterocycles. The van der Waals surface area contributed by atoms with Crippen LogP contribution in [0.5, 0.6) is 0 Å². The van der Waals surface area contributed by atoms with Crippen molar-refractivity contribution in [3.8, 4) is 0 Å². The summed E-state index contributed by atoms with van der Waals surface area (Å²) in [4.78, 5) is 15.6. The van der Waals surface area contributed by atoms with E-state index in [1.165, 1.54) is 25.7 Å². The van der Waals surface area contributed by atoms with Crippen LogP contribution < -0.4 is 5.32 Å². The molecule has 0 aromatic rings. The SMILES string of the molecule is CCNC1CCC(N(C)CCC(=O)N(C)C)CC1. The molecule has 1 rings (SSSR count). The maximum atomic E-state index is 11.6. The molecule has 106 valence electrons. The highest BCUT2D eigenvalue weighted by atomic mass is 16.2. The fourth-order valence-corrected chi connectivity index (χ4v) is 2.69. The van der Waals surface area contributed by atoms with Crippen LogP contribution in [0.4, 0.5) is 0 Å². The smallest absolute Gasteiger partial charge is 0.223 e. The number of carbonyl (C=O) groups is 1. The molecule has 0 bridgehead atoms. The third-order valence-corrected chi connectivity index (χ3v) is 3.99. The van der Waals surface area contributed by atoms with Gasteiger partial charge in [-0.1, -0.05) is 6.92 Å². The average Bonchev–Trinajstić information content (AvgIpc) is 2.36. The van der Waals surface area contributed by atoms with E-state index in [2.05, 4.69) is 24.2 Å². The summed E-state index contributed by atoms with van der Waals surface area (Å²) in [5.41, 5.74) is 0. The molecule has 0 unspecified atom stereocenters. The van der Waals surface area contributed by atoms with E-state index in [1.807, 2.05) is 14.1 Å². The largest absolute Gasteiger partial charge is 0.349 e. The van der Waals surface area contributed by atoms with Gasteiger partial charge < -0.3 is 15.1 Å². The van der Waals surface area contributed by atoms with Gasteiger partial charge in [0.15, 0.2) is 0 Å². The van der Waals surface area contributed by atoms with Crippen LogP contribution >= 0.6 is 0 Å². The van der Waals surface area contributed by atoms with E-state index in [0.29, 0.717) is 18.5 Å². The quantitative estimate of drug-likeness (QED) is 0.777. The molecule has 0 atom stereocenters. The van der Waals surface area contributed by atoms with Crippen LogP contribution in [0.15, 0.2) is 0 Å². The lowest BCUT2D eigenvalue weighted by atomic mass is 9.90. The Labute approximate surface area is 112 Å². The Morgan fingerprint density at radius 1 is 1.17 bits per heavy atom. The van der Waals surface area contributed by atoms with Gasteiger partial charge in [0.2, 0.25) is 5.91 Å². The lowest BCUT2D eigenvalue weighted by molar-refractivity contribution is -0.129.